The fourth-order valence-electron chi connectivity index (χ4n) is 2.83. The van der Waals surface area contributed by atoms with Gasteiger partial charge in [-0.25, -0.2) is 0 Å². The molecule has 17 heavy (non-hydrogen) atoms. The lowest BCUT2D eigenvalue weighted by Gasteiger charge is -2.30. The second kappa shape index (κ2) is 5.05. The maximum Gasteiger partial charge on any atom is 0.142 e. The highest BCUT2D eigenvalue weighted by Crippen LogP contribution is 2.49. The third-order valence-electron chi connectivity index (χ3n) is 3.74. The summed E-state index contributed by atoms with van der Waals surface area (Å²) in [7, 11) is 1.63. The van der Waals surface area contributed by atoms with Gasteiger partial charge in [-0.05, 0) is 25.0 Å². The van der Waals surface area contributed by atoms with E-state index < -0.39 is 0 Å². The molecule has 0 unspecified atom stereocenters. The van der Waals surface area contributed by atoms with Crippen LogP contribution in [-0.4, -0.2) is 13.7 Å². The molecule has 94 valence electrons. The molecule has 1 aromatic rings. The molecular weight excluding hydrogens is 257 g/mol. The van der Waals surface area contributed by atoms with E-state index in [0.717, 1.165) is 18.4 Å². The average molecular weight is 274 g/mol. The molecule has 0 heterocycles. The van der Waals surface area contributed by atoms with Crippen molar-refractivity contribution in [2.45, 2.75) is 31.1 Å². The molecule has 1 saturated carbocycles. The van der Waals surface area contributed by atoms with Gasteiger partial charge in [0.15, 0.2) is 0 Å². The van der Waals surface area contributed by atoms with Crippen molar-refractivity contribution >= 4 is 23.2 Å². The number of ether oxygens (including phenoxy) is 1. The van der Waals surface area contributed by atoms with Crippen LogP contribution < -0.4 is 10.5 Å². The summed E-state index contributed by atoms with van der Waals surface area (Å²) < 4.78 is 5.42. The predicted molar refractivity (Wildman–Crippen MR) is 72.2 cm³/mol. The van der Waals surface area contributed by atoms with E-state index in [0.29, 0.717) is 22.3 Å². The van der Waals surface area contributed by atoms with Gasteiger partial charge >= 0.3 is 0 Å². The Morgan fingerprint density at radius 3 is 2.35 bits per heavy atom. The van der Waals surface area contributed by atoms with Crippen LogP contribution in [-0.2, 0) is 5.41 Å². The molecule has 1 aliphatic carbocycles. The normalized spacial score (nSPS) is 18.4. The highest BCUT2D eigenvalue weighted by atomic mass is 35.5. The van der Waals surface area contributed by atoms with E-state index in [2.05, 4.69) is 0 Å². The van der Waals surface area contributed by atoms with Crippen LogP contribution in [0.25, 0.3) is 0 Å². The number of rotatable bonds is 3. The van der Waals surface area contributed by atoms with Crippen LogP contribution in [0.1, 0.15) is 31.2 Å². The fraction of sp³-hybridized carbons (Fsp3) is 0.538. The first-order chi connectivity index (χ1) is 8.14. The van der Waals surface area contributed by atoms with E-state index in [1.165, 1.54) is 12.8 Å². The standard InChI is InChI=1S/C13H17Cl2NO/c1-17-12-10(15)5-4-9(14)11(12)13(8-16)6-2-3-7-13/h4-5H,2-3,6-8,16H2,1H3. The van der Waals surface area contributed by atoms with Gasteiger partial charge in [-0.2, -0.15) is 0 Å². The highest BCUT2D eigenvalue weighted by Gasteiger charge is 2.38. The van der Waals surface area contributed by atoms with Crippen molar-refractivity contribution in [2.24, 2.45) is 5.73 Å². The van der Waals surface area contributed by atoms with Gasteiger partial charge in [-0.15, -0.1) is 0 Å². The Bertz CT molecular complexity index is 414. The molecule has 0 aromatic heterocycles. The van der Waals surface area contributed by atoms with Gasteiger partial charge < -0.3 is 10.5 Å². The summed E-state index contributed by atoms with van der Waals surface area (Å²) >= 11 is 12.5. The van der Waals surface area contributed by atoms with Gasteiger partial charge in [-0.1, -0.05) is 36.0 Å². The molecule has 4 heteroatoms. The smallest absolute Gasteiger partial charge is 0.142 e. The van der Waals surface area contributed by atoms with Crippen molar-refractivity contribution in [1.29, 1.82) is 0 Å². The molecule has 0 bridgehead atoms. The van der Waals surface area contributed by atoms with E-state index in [1.54, 1.807) is 13.2 Å². The van der Waals surface area contributed by atoms with Gasteiger partial charge in [-0.3, -0.25) is 0 Å². The zero-order chi connectivity index (χ0) is 12.5. The summed E-state index contributed by atoms with van der Waals surface area (Å²) in [6, 6.07) is 3.60. The van der Waals surface area contributed by atoms with E-state index in [1.807, 2.05) is 6.07 Å². The molecule has 1 aromatic carbocycles. The highest BCUT2D eigenvalue weighted by molar-refractivity contribution is 6.35. The summed E-state index contributed by atoms with van der Waals surface area (Å²) in [5.41, 5.74) is 6.92. The van der Waals surface area contributed by atoms with Crippen LogP contribution in [0.4, 0.5) is 0 Å². The maximum absolute atomic E-state index is 6.33. The topological polar surface area (TPSA) is 35.2 Å². The van der Waals surface area contributed by atoms with Crippen molar-refractivity contribution < 1.29 is 4.74 Å². The van der Waals surface area contributed by atoms with Crippen molar-refractivity contribution in [2.75, 3.05) is 13.7 Å². The van der Waals surface area contributed by atoms with Crippen LogP contribution in [0, 0.1) is 0 Å². The first-order valence-corrected chi connectivity index (χ1v) is 6.63. The lowest BCUT2D eigenvalue weighted by Crippen LogP contribution is -2.32. The zero-order valence-electron chi connectivity index (χ0n) is 9.93. The molecule has 0 spiro atoms. The second-order valence-corrected chi connectivity index (χ2v) is 5.44. The summed E-state index contributed by atoms with van der Waals surface area (Å²) in [5, 5.41) is 1.31. The van der Waals surface area contributed by atoms with Gasteiger partial charge in [0, 0.05) is 22.5 Å². The fourth-order valence-corrected chi connectivity index (χ4v) is 3.42. The van der Waals surface area contributed by atoms with Crippen molar-refractivity contribution in [1.82, 2.24) is 0 Å². The quantitative estimate of drug-likeness (QED) is 0.910. The van der Waals surface area contributed by atoms with E-state index in [-0.39, 0.29) is 5.41 Å². The number of hydrogen-bond donors (Lipinski definition) is 1. The molecular formula is C13H17Cl2NO. The summed E-state index contributed by atoms with van der Waals surface area (Å²) in [5.74, 6) is 0.687. The molecule has 0 amide bonds. The number of methoxy groups -OCH3 is 1. The Labute approximate surface area is 112 Å². The summed E-state index contributed by atoms with van der Waals surface area (Å²) in [6.45, 7) is 0.587. The van der Waals surface area contributed by atoms with Gasteiger partial charge in [0.05, 0.1) is 12.1 Å². The molecule has 0 saturated heterocycles. The Morgan fingerprint density at radius 1 is 1.24 bits per heavy atom. The SMILES string of the molecule is COc1c(Cl)ccc(Cl)c1C1(CN)CCCC1. The van der Waals surface area contributed by atoms with Crippen molar-refractivity contribution in [3.63, 3.8) is 0 Å². The molecule has 0 aliphatic heterocycles. The molecule has 1 fully saturated rings. The third kappa shape index (κ3) is 2.14. The van der Waals surface area contributed by atoms with Crippen molar-refractivity contribution in [3.8, 4) is 5.75 Å². The molecule has 2 N–H and O–H groups in total. The Morgan fingerprint density at radius 2 is 1.82 bits per heavy atom. The predicted octanol–water partition coefficient (Wildman–Crippen LogP) is 3.77. The van der Waals surface area contributed by atoms with Gasteiger partial charge in [0.1, 0.15) is 5.75 Å². The van der Waals surface area contributed by atoms with Crippen LogP contribution in [0.3, 0.4) is 0 Å². The van der Waals surface area contributed by atoms with Crippen molar-refractivity contribution in [3.05, 3.63) is 27.7 Å². The first-order valence-electron chi connectivity index (χ1n) is 5.87. The first kappa shape index (κ1) is 13.0. The molecule has 0 radical (unpaired) electrons. The van der Waals surface area contributed by atoms with Crippen LogP contribution in [0.2, 0.25) is 10.0 Å². The average Bonchev–Trinajstić information content (AvgIpc) is 2.81. The molecule has 2 nitrogen and oxygen atoms in total. The van der Waals surface area contributed by atoms with Crippen LogP contribution in [0.15, 0.2) is 12.1 Å². The van der Waals surface area contributed by atoms with Crippen LogP contribution >= 0.6 is 23.2 Å². The summed E-state index contributed by atoms with van der Waals surface area (Å²) in [6.07, 6.45) is 4.48. The monoisotopic (exact) mass is 273 g/mol. The van der Waals surface area contributed by atoms with Gasteiger partial charge in [0.25, 0.3) is 0 Å². The molecule has 0 atom stereocenters. The minimum Gasteiger partial charge on any atom is -0.495 e. The van der Waals surface area contributed by atoms with Crippen LogP contribution in [0.5, 0.6) is 5.75 Å². The minimum absolute atomic E-state index is 0.0622. The van der Waals surface area contributed by atoms with E-state index in [4.69, 9.17) is 33.7 Å². The van der Waals surface area contributed by atoms with E-state index in [9.17, 15) is 0 Å². The van der Waals surface area contributed by atoms with E-state index >= 15 is 0 Å². The Hall–Kier alpha value is -0.440. The zero-order valence-corrected chi connectivity index (χ0v) is 11.4. The number of benzene rings is 1. The number of hydrogen-bond acceptors (Lipinski definition) is 2. The molecule has 1 aliphatic rings. The number of halogens is 2. The maximum atomic E-state index is 6.33. The van der Waals surface area contributed by atoms with Gasteiger partial charge in [0.2, 0.25) is 0 Å². The lowest BCUT2D eigenvalue weighted by atomic mass is 9.78. The number of nitrogens with two attached hydrogens (primary N) is 1. The lowest BCUT2D eigenvalue weighted by molar-refractivity contribution is 0.378. The Kier molecular flexibility index (Phi) is 3.86. The second-order valence-electron chi connectivity index (χ2n) is 4.63. The largest absolute Gasteiger partial charge is 0.495 e. The third-order valence-corrected chi connectivity index (χ3v) is 4.36. The minimum atomic E-state index is -0.0622. The summed E-state index contributed by atoms with van der Waals surface area (Å²) in [4.78, 5) is 0. The Balaban J connectivity index is 2.60. The molecule has 2 rings (SSSR count).